The van der Waals surface area contributed by atoms with Gasteiger partial charge in [-0.25, -0.2) is 0 Å². The second-order valence-corrected chi connectivity index (χ2v) is 7.89. The summed E-state index contributed by atoms with van der Waals surface area (Å²) in [6.07, 6.45) is 2.35. The fourth-order valence-corrected chi connectivity index (χ4v) is 5.16. The molecule has 0 heteroatoms. The van der Waals surface area contributed by atoms with Crippen molar-refractivity contribution in [2.45, 2.75) is 32.6 Å². The van der Waals surface area contributed by atoms with Gasteiger partial charge < -0.3 is 0 Å². The molecule has 0 bridgehead atoms. The summed E-state index contributed by atoms with van der Waals surface area (Å²) in [5.74, 6) is 0.789. The quantitative estimate of drug-likeness (QED) is 0.456. The van der Waals surface area contributed by atoms with Gasteiger partial charge in [-0.2, -0.15) is 0 Å². The Hall–Kier alpha value is -2.86. The molecule has 3 aromatic rings. The third kappa shape index (κ3) is 2.36. The van der Waals surface area contributed by atoms with Gasteiger partial charge in [-0.3, -0.25) is 0 Å². The largest absolute Gasteiger partial charge is 0.0619 e. The van der Waals surface area contributed by atoms with Crippen LogP contribution in [0.3, 0.4) is 0 Å². The van der Waals surface area contributed by atoms with Crippen LogP contribution in [-0.2, 0) is 0 Å². The fourth-order valence-electron chi connectivity index (χ4n) is 5.16. The first-order valence-electron chi connectivity index (χ1n) is 9.83. The molecule has 0 aromatic heterocycles. The van der Waals surface area contributed by atoms with Crippen molar-refractivity contribution in [3.8, 4) is 0 Å². The molecule has 0 nitrogen and oxygen atoms in total. The first kappa shape index (κ1) is 16.3. The molecule has 0 spiro atoms. The highest BCUT2D eigenvalue weighted by Gasteiger charge is 2.31. The average Bonchev–Trinajstić information content (AvgIpc) is 3.16. The van der Waals surface area contributed by atoms with Crippen LogP contribution >= 0.6 is 0 Å². The van der Waals surface area contributed by atoms with Crippen molar-refractivity contribution >= 4 is 17.2 Å². The van der Waals surface area contributed by atoms with Gasteiger partial charge in [-0.15, -0.1) is 0 Å². The molecule has 0 heterocycles. The van der Waals surface area contributed by atoms with E-state index >= 15 is 0 Å². The highest BCUT2D eigenvalue weighted by Crippen LogP contribution is 2.50. The van der Waals surface area contributed by atoms with Gasteiger partial charge in [-0.1, -0.05) is 91.4 Å². The zero-order valence-electron chi connectivity index (χ0n) is 16.2. The number of fused-ring (bicyclic) bond motifs is 2. The van der Waals surface area contributed by atoms with Crippen LogP contribution in [0, 0.1) is 0 Å². The summed E-state index contributed by atoms with van der Waals surface area (Å²) in [4.78, 5) is 0. The molecule has 27 heavy (non-hydrogen) atoms. The second kappa shape index (κ2) is 6.09. The lowest BCUT2D eigenvalue weighted by Crippen LogP contribution is -2.05. The molecule has 0 radical (unpaired) electrons. The number of allylic oxidation sites excluding steroid dienone is 3. The van der Waals surface area contributed by atoms with E-state index in [1.54, 1.807) is 0 Å². The molecule has 2 aliphatic carbocycles. The Bertz CT molecular complexity index is 1110. The minimum atomic E-state index is 0.355. The van der Waals surface area contributed by atoms with Crippen LogP contribution in [0.4, 0.5) is 0 Å². The van der Waals surface area contributed by atoms with Crippen LogP contribution in [0.5, 0.6) is 0 Å². The lowest BCUT2D eigenvalue weighted by molar-refractivity contribution is 0.953. The Labute approximate surface area is 161 Å². The van der Waals surface area contributed by atoms with E-state index in [1.807, 2.05) is 0 Å². The van der Waals surface area contributed by atoms with Crippen molar-refractivity contribution in [1.82, 2.24) is 0 Å². The van der Waals surface area contributed by atoms with Gasteiger partial charge in [0.05, 0.1) is 0 Å². The van der Waals surface area contributed by atoms with Crippen LogP contribution in [0.15, 0.2) is 78.4 Å². The standard InChI is InChI=1S/C27H24/c1-17-16-20-10-4-5-13-23(20)26(17)24-14-8-9-15-25(24)27-18(2)21-11-6-7-12-22(21)19(27)3/h4-16,18,26H,1-3H3. The van der Waals surface area contributed by atoms with Gasteiger partial charge in [0.25, 0.3) is 0 Å². The smallest absolute Gasteiger partial charge is 0.0311 e. The molecule has 5 rings (SSSR count). The van der Waals surface area contributed by atoms with Crippen molar-refractivity contribution in [3.63, 3.8) is 0 Å². The Morgan fingerprint density at radius 2 is 1.22 bits per heavy atom. The Morgan fingerprint density at radius 1 is 0.630 bits per heavy atom. The van der Waals surface area contributed by atoms with Crippen LogP contribution in [0.2, 0.25) is 0 Å². The van der Waals surface area contributed by atoms with E-state index in [4.69, 9.17) is 0 Å². The average molecular weight is 348 g/mol. The van der Waals surface area contributed by atoms with Gasteiger partial charge in [-0.05, 0) is 58.4 Å². The maximum Gasteiger partial charge on any atom is 0.0311 e. The summed E-state index contributed by atoms with van der Waals surface area (Å²) in [6, 6.07) is 26.7. The third-order valence-corrected chi connectivity index (χ3v) is 6.38. The van der Waals surface area contributed by atoms with E-state index in [0.29, 0.717) is 11.8 Å². The SMILES string of the molecule is CC1=Cc2ccccc2C1c1ccccc1C1=C(C)c2ccccc2C1C. The molecule has 0 fully saturated rings. The number of benzene rings is 3. The zero-order valence-corrected chi connectivity index (χ0v) is 16.2. The number of rotatable bonds is 2. The van der Waals surface area contributed by atoms with Crippen molar-refractivity contribution in [3.05, 3.63) is 112 Å². The minimum absolute atomic E-state index is 0.355. The number of hydrogen-bond acceptors (Lipinski definition) is 0. The molecule has 0 saturated heterocycles. The van der Waals surface area contributed by atoms with Gasteiger partial charge in [0.2, 0.25) is 0 Å². The lowest BCUT2D eigenvalue weighted by Gasteiger charge is -2.22. The predicted molar refractivity (Wildman–Crippen MR) is 116 cm³/mol. The fraction of sp³-hybridized carbons (Fsp3) is 0.185. The van der Waals surface area contributed by atoms with Gasteiger partial charge in [0.15, 0.2) is 0 Å². The molecule has 2 aliphatic rings. The van der Waals surface area contributed by atoms with Crippen molar-refractivity contribution < 1.29 is 0 Å². The monoisotopic (exact) mass is 348 g/mol. The molecular weight excluding hydrogens is 324 g/mol. The summed E-state index contributed by atoms with van der Waals surface area (Å²) < 4.78 is 0. The van der Waals surface area contributed by atoms with Crippen molar-refractivity contribution in [1.29, 1.82) is 0 Å². The molecule has 0 N–H and O–H groups in total. The minimum Gasteiger partial charge on any atom is -0.0619 e. The summed E-state index contributed by atoms with van der Waals surface area (Å²) in [7, 11) is 0. The van der Waals surface area contributed by atoms with Gasteiger partial charge in [0.1, 0.15) is 0 Å². The maximum atomic E-state index is 2.35. The highest BCUT2D eigenvalue weighted by molar-refractivity contribution is 5.99. The number of hydrogen-bond donors (Lipinski definition) is 0. The molecule has 0 amide bonds. The Kier molecular flexibility index (Phi) is 3.68. The van der Waals surface area contributed by atoms with Crippen molar-refractivity contribution in [2.24, 2.45) is 0 Å². The van der Waals surface area contributed by atoms with E-state index in [9.17, 15) is 0 Å². The summed E-state index contributed by atoms with van der Waals surface area (Å²) in [5, 5.41) is 0. The third-order valence-electron chi connectivity index (χ3n) is 6.38. The van der Waals surface area contributed by atoms with Crippen LogP contribution in [-0.4, -0.2) is 0 Å². The summed E-state index contributed by atoms with van der Waals surface area (Å²) in [5.41, 5.74) is 12.9. The first-order chi connectivity index (χ1) is 13.2. The van der Waals surface area contributed by atoms with Crippen LogP contribution in [0.25, 0.3) is 17.2 Å². The Morgan fingerprint density at radius 3 is 1.96 bits per heavy atom. The van der Waals surface area contributed by atoms with Crippen LogP contribution in [0.1, 0.15) is 66.0 Å². The molecule has 0 saturated carbocycles. The summed E-state index contributed by atoms with van der Waals surface area (Å²) in [6.45, 7) is 6.92. The molecule has 3 aromatic carbocycles. The normalized spacial score (nSPS) is 20.5. The molecule has 2 unspecified atom stereocenters. The van der Waals surface area contributed by atoms with E-state index in [1.165, 1.54) is 50.1 Å². The van der Waals surface area contributed by atoms with E-state index in [0.717, 1.165) is 0 Å². The van der Waals surface area contributed by atoms with E-state index < -0.39 is 0 Å². The van der Waals surface area contributed by atoms with Crippen LogP contribution < -0.4 is 0 Å². The van der Waals surface area contributed by atoms with Gasteiger partial charge >= 0.3 is 0 Å². The maximum absolute atomic E-state index is 2.35. The van der Waals surface area contributed by atoms with E-state index in [-0.39, 0.29) is 0 Å². The zero-order chi connectivity index (χ0) is 18.5. The molecule has 2 atom stereocenters. The molecule has 132 valence electrons. The topological polar surface area (TPSA) is 0 Å². The van der Waals surface area contributed by atoms with E-state index in [2.05, 4.69) is 99.6 Å². The lowest BCUT2D eigenvalue weighted by atomic mass is 9.81. The predicted octanol–water partition coefficient (Wildman–Crippen LogP) is 7.28. The van der Waals surface area contributed by atoms with Crippen molar-refractivity contribution in [2.75, 3.05) is 0 Å². The molecule has 0 aliphatic heterocycles. The second-order valence-electron chi connectivity index (χ2n) is 7.89. The Balaban J connectivity index is 1.70. The molecular formula is C27H24. The van der Waals surface area contributed by atoms with Gasteiger partial charge in [0, 0.05) is 11.8 Å². The highest BCUT2D eigenvalue weighted by atomic mass is 14.3. The first-order valence-corrected chi connectivity index (χ1v) is 9.83. The summed E-state index contributed by atoms with van der Waals surface area (Å²) >= 11 is 0.